The number of carboxylic acid groups (broad SMARTS) is 1. The minimum absolute atomic E-state index is 0.305. The van der Waals surface area contributed by atoms with Crippen LogP contribution in [0.5, 0.6) is 0 Å². The van der Waals surface area contributed by atoms with Crippen molar-refractivity contribution in [2.24, 2.45) is 5.92 Å². The van der Waals surface area contributed by atoms with Gasteiger partial charge in [-0.15, -0.1) is 0 Å². The number of hydrogen-bond acceptors (Lipinski definition) is 4. The van der Waals surface area contributed by atoms with Gasteiger partial charge >= 0.3 is 5.97 Å². The third kappa shape index (κ3) is 2.62. The van der Waals surface area contributed by atoms with Crippen LogP contribution in [0.4, 0.5) is 0 Å². The largest absolute Gasteiger partial charge is 0.480 e. The molecule has 6 heteroatoms. The molecule has 0 radical (unpaired) electrons. The van der Waals surface area contributed by atoms with E-state index in [0.717, 1.165) is 12.8 Å². The van der Waals surface area contributed by atoms with Crippen molar-refractivity contribution in [3.63, 3.8) is 0 Å². The third-order valence-electron chi connectivity index (χ3n) is 3.82. The van der Waals surface area contributed by atoms with Crippen LogP contribution in [0.15, 0.2) is 10.7 Å². The van der Waals surface area contributed by atoms with Crippen LogP contribution in [0.1, 0.15) is 42.3 Å². The van der Waals surface area contributed by atoms with Crippen LogP contribution in [0.2, 0.25) is 0 Å². The fourth-order valence-corrected chi connectivity index (χ4v) is 2.55. The maximum atomic E-state index is 12.4. The fourth-order valence-electron chi connectivity index (χ4n) is 2.55. The number of aromatic nitrogens is 1. The second-order valence-electron chi connectivity index (χ2n) is 4.95. The first-order valence-electron chi connectivity index (χ1n) is 6.49. The Labute approximate surface area is 111 Å². The number of aliphatic carboxylic acids is 1. The molecule has 2 heterocycles. The Hall–Kier alpha value is -1.85. The molecule has 104 valence electrons. The summed E-state index contributed by atoms with van der Waals surface area (Å²) in [7, 11) is 0. The Kier molecular flexibility index (Phi) is 3.87. The van der Waals surface area contributed by atoms with Crippen LogP contribution >= 0.6 is 0 Å². The second-order valence-corrected chi connectivity index (χ2v) is 4.95. The first-order chi connectivity index (χ1) is 9.04. The van der Waals surface area contributed by atoms with Gasteiger partial charge in [0.15, 0.2) is 0 Å². The molecule has 1 N–H and O–H groups in total. The molecule has 19 heavy (non-hydrogen) atoms. The molecule has 1 saturated heterocycles. The molecule has 1 aliphatic heterocycles. The van der Waals surface area contributed by atoms with Gasteiger partial charge in [0, 0.05) is 6.54 Å². The average molecular weight is 266 g/mol. The Morgan fingerprint density at radius 2 is 2.32 bits per heavy atom. The van der Waals surface area contributed by atoms with Gasteiger partial charge < -0.3 is 14.5 Å². The highest BCUT2D eigenvalue weighted by Crippen LogP contribution is 2.27. The number of carbonyl (C=O) groups excluding carboxylic acids is 1. The summed E-state index contributed by atoms with van der Waals surface area (Å²) >= 11 is 0. The molecule has 6 nitrogen and oxygen atoms in total. The predicted molar refractivity (Wildman–Crippen MR) is 66.7 cm³/mol. The monoisotopic (exact) mass is 266 g/mol. The zero-order valence-electron chi connectivity index (χ0n) is 11.1. The molecule has 0 aliphatic carbocycles. The fraction of sp³-hybridized carbons (Fsp3) is 0.615. The van der Waals surface area contributed by atoms with Gasteiger partial charge in [0.25, 0.3) is 5.91 Å². The summed E-state index contributed by atoms with van der Waals surface area (Å²) in [4.78, 5) is 25.1. The summed E-state index contributed by atoms with van der Waals surface area (Å²) in [5, 5.41) is 12.9. The number of rotatable bonds is 3. The maximum absolute atomic E-state index is 12.4. The van der Waals surface area contributed by atoms with Gasteiger partial charge in [-0.3, -0.25) is 4.79 Å². The Morgan fingerprint density at radius 1 is 1.58 bits per heavy atom. The third-order valence-corrected chi connectivity index (χ3v) is 3.82. The van der Waals surface area contributed by atoms with E-state index < -0.39 is 12.0 Å². The van der Waals surface area contributed by atoms with E-state index in [2.05, 4.69) is 5.16 Å². The molecule has 1 aromatic rings. The molecule has 2 atom stereocenters. The van der Waals surface area contributed by atoms with Crippen LogP contribution < -0.4 is 0 Å². The highest BCUT2D eigenvalue weighted by atomic mass is 16.5. The summed E-state index contributed by atoms with van der Waals surface area (Å²) in [6, 6.07) is -0.750. The molecule has 1 fully saturated rings. The number of hydrogen-bond donors (Lipinski definition) is 1. The van der Waals surface area contributed by atoms with E-state index in [1.807, 2.05) is 6.92 Å². The molecule has 0 saturated carbocycles. The molecule has 0 bridgehead atoms. The van der Waals surface area contributed by atoms with Crippen molar-refractivity contribution >= 4 is 11.9 Å². The van der Waals surface area contributed by atoms with Crippen LogP contribution in [-0.2, 0) is 4.79 Å². The molecule has 2 unspecified atom stereocenters. The predicted octanol–water partition coefficient (Wildman–Crippen LogP) is 1.70. The molecule has 1 aliphatic rings. The molecule has 0 spiro atoms. The molecule has 2 rings (SSSR count). The maximum Gasteiger partial charge on any atom is 0.326 e. The van der Waals surface area contributed by atoms with Crippen LogP contribution in [0, 0.1) is 12.8 Å². The molecule has 1 amide bonds. The summed E-state index contributed by atoms with van der Waals surface area (Å²) in [5.41, 5.74) is 0.348. The second kappa shape index (κ2) is 5.42. The van der Waals surface area contributed by atoms with Gasteiger partial charge in [-0.05, 0) is 25.7 Å². The Morgan fingerprint density at radius 3 is 2.84 bits per heavy atom. The van der Waals surface area contributed by atoms with Gasteiger partial charge in [-0.1, -0.05) is 18.5 Å². The van der Waals surface area contributed by atoms with E-state index in [-0.39, 0.29) is 5.91 Å². The Balaban J connectivity index is 2.20. The van der Waals surface area contributed by atoms with Gasteiger partial charge in [0.05, 0.1) is 6.20 Å². The first kappa shape index (κ1) is 13.6. The van der Waals surface area contributed by atoms with Crippen LogP contribution in [0.25, 0.3) is 0 Å². The summed E-state index contributed by atoms with van der Waals surface area (Å²) in [5.74, 6) is -0.457. The lowest BCUT2D eigenvalue weighted by atomic mass is 9.88. The molecular formula is C13H18N2O4. The minimum Gasteiger partial charge on any atom is -0.480 e. The number of aryl methyl sites for hydroxylation is 1. The highest BCUT2D eigenvalue weighted by molar-refractivity contribution is 5.97. The van der Waals surface area contributed by atoms with Gasteiger partial charge in [-0.25, -0.2) is 4.79 Å². The van der Waals surface area contributed by atoms with Crippen molar-refractivity contribution in [3.05, 3.63) is 17.5 Å². The molecule has 1 aromatic heterocycles. The first-order valence-corrected chi connectivity index (χ1v) is 6.49. The van der Waals surface area contributed by atoms with Crippen molar-refractivity contribution < 1.29 is 19.2 Å². The number of likely N-dealkylation sites (tertiary alicyclic amines) is 1. The van der Waals surface area contributed by atoms with E-state index in [9.17, 15) is 14.7 Å². The lowest BCUT2D eigenvalue weighted by Crippen LogP contribution is -2.50. The van der Waals surface area contributed by atoms with Crippen molar-refractivity contribution in [2.45, 2.75) is 39.2 Å². The number of carboxylic acids is 1. The number of amides is 1. The summed E-state index contributed by atoms with van der Waals surface area (Å²) < 4.78 is 4.87. The summed E-state index contributed by atoms with van der Waals surface area (Å²) in [6.45, 7) is 4.17. The highest BCUT2D eigenvalue weighted by Gasteiger charge is 2.36. The quantitative estimate of drug-likeness (QED) is 0.900. The molecule has 0 aromatic carbocycles. The normalized spacial score (nSPS) is 23.4. The SMILES string of the molecule is CCC1CCN(C(=O)c2cnoc2C)C(C(=O)O)C1. The summed E-state index contributed by atoms with van der Waals surface area (Å²) in [6.07, 6.45) is 3.65. The number of piperidine rings is 1. The minimum atomic E-state index is -0.944. The lowest BCUT2D eigenvalue weighted by Gasteiger charge is -2.36. The smallest absolute Gasteiger partial charge is 0.326 e. The van der Waals surface area contributed by atoms with E-state index in [1.165, 1.54) is 11.1 Å². The zero-order valence-corrected chi connectivity index (χ0v) is 11.1. The van der Waals surface area contributed by atoms with E-state index >= 15 is 0 Å². The average Bonchev–Trinajstić information content (AvgIpc) is 2.83. The van der Waals surface area contributed by atoms with Crippen molar-refractivity contribution in [1.29, 1.82) is 0 Å². The topological polar surface area (TPSA) is 83.6 Å². The van der Waals surface area contributed by atoms with Gasteiger partial charge in [-0.2, -0.15) is 0 Å². The Bertz CT molecular complexity index is 483. The van der Waals surface area contributed by atoms with E-state index in [1.54, 1.807) is 6.92 Å². The van der Waals surface area contributed by atoms with E-state index in [4.69, 9.17) is 4.52 Å². The van der Waals surface area contributed by atoms with E-state index in [0.29, 0.717) is 30.2 Å². The zero-order chi connectivity index (χ0) is 14.0. The number of carbonyl (C=O) groups is 2. The van der Waals surface area contributed by atoms with Gasteiger partial charge in [0.1, 0.15) is 17.4 Å². The number of nitrogens with zero attached hydrogens (tertiary/aromatic N) is 2. The van der Waals surface area contributed by atoms with Crippen LogP contribution in [0.3, 0.4) is 0 Å². The molecular weight excluding hydrogens is 248 g/mol. The van der Waals surface area contributed by atoms with Crippen molar-refractivity contribution in [1.82, 2.24) is 10.1 Å². The van der Waals surface area contributed by atoms with Crippen LogP contribution in [-0.4, -0.2) is 39.6 Å². The standard InChI is InChI=1S/C13H18N2O4/c1-3-9-4-5-15(11(6-9)13(17)18)12(16)10-7-14-19-8(10)2/h7,9,11H,3-6H2,1-2H3,(H,17,18). The van der Waals surface area contributed by atoms with Crippen molar-refractivity contribution in [3.8, 4) is 0 Å². The van der Waals surface area contributed by atoms with Crippen molar-refractivity contribution in [2.75, 3.05) is 6.54 Å². The lowest BCUT2D eigenvalue weighted by molar-refractivity contribution is -0.144. The van der Waals surface area contributed by atoms with Gasteiger partial charge in [0.2, 0.25) is 0 Å².